The van der Waals surface area contributed by atoms with Crippen LogP contribution < -0.4 is 4.74 Å². The van der Waals surface area contributed by atoms with E-state index in [1.165, 1.54) is 11.6 Å². The van der Waals surface area contributed by atoms with Crippen molar-refractivity contribution in [1.29, 1.82) is 0 Å². The van der Waals surface area contributed by atoms with Crippen LogP contribution in [0.1, 0.15) is 76.5 Å². The summed E-state index contributed by atoms with van der Waals surface area (Å²) >= 11 is 0. The van der Waals surface area contributed by atoms with Crippen LogP contribution in [-0.2, 0) is 4.79 Å². The summed E-state index contributed by atoms with van der Waals surface area (Å²) < 4.78 is 18.6. The number of aliphatic carboxylic acids is 1. The van der Waals surface area contributed by atoms with E-state index in [1.807, 2.05) is 19.1 Å². The molecule has 0 unspecified atom stereocenters. The van der Waals surface area contributed by atoms with E-state index in [-0.39, 0.29) is 5.92 Å². The number of hydrogen-bond donors (Lipinski definition) is 1. The number of halogens is 1. The number of carboxylic acids is 1. The lowest BCUT2D eigenvalue weighted by Gasteiger charge is -2.21. The first-order valence-electron chi connectivity index (χ1n) is 9.80. The van der Waals surface area contributed by atoms with E-state index in [1.54, 1.807) is 13.0 Å². The normalized spacial score (nSPS) is 13.0. The van der Waals surface area contributed by atoms with Crippen molar-refractivity contribution in [2.45, 2.75) is 59.8 Å². The summed E-state index contributed by atoms with van der Waals surface area (Å²) in [4.78, 5) is 10.7. The number of ether oxygens (including phenoxy) is 1. The molecule has 1 aromatic carbocycles. The van der Waals surface area contributed by atoms with E-state index in [9.17, 15) is 9.18 Å². The second-order valence-corrected chi connectivity index (χ2v) is 7.62. The SMILES string of the molecule is CC(C=CC=C(C)c1cc(C(C)C)cc(C(C)C)c1OCCCF)=CC(=O)O. The van der Waals surface area contributed by atoms with Gasteiger partial charge in [-0.2, -0.15) is 0 Å². The number of benzene rings is 1. The molecule has 0 aliphatic heterocycles. The second kappa shape index (κ2) is 11.5. The Hall–Kier alpha value is -2.36. The number of rotatable bonds is 10. The fraction of sp³-hybridized carbons (Fsp3) is 0.458. The molecule has 1 rings (SSSR count). The topological polar surface area (TPSA) is 46.5 Å². The maximum atomic E-state index is 12.6. The summed E-state index contributed by atoms with van der Waals surface area (Å²) in [5.74, 6) is 0.507. The fourth-order valence-electron chi connectivity index (χ4n) is 2.80. The Morgan fingerprint density at radius 2 is 1.86 bits per heavy atom. The summed E-state index contributed by atoms with van der Waals surface area (Å²) in [6.07, 6.45) is 7.08. The van der Waals surface area contributed by atoms with E-state index in [4.69, 9.17) is 9.84 Å². The molecule has 4 heteroatoms. The van der Waals surface area contributed by atoms with Gasteiger partial charge >= 0.3 is 5.97 Å². The van der Waals surface area contributed by atoms with E-state index in [0.29, 0.717) is 24.5 Å². The van der Waals surface area contributed by atoms with Crippen LogP contribution in [0.15, 0.2) is 42.0 Å². The lowest BCUT2D eigenvalue weighted by Crippen LogP contribution is -2.06. The van der Waals surface area contributed by atoms with E-state index in [2.05, 4.69) is 39.8 Å². The van der Waals surface area contributed by atoms with E-state index < -0.39 is 12.6 Å². The number of hydrogen-bond acceptors (Lipinski definition) is 2. The highest BCUT2D eigenvalue weighted by atomic mass is 19.1. The first-order chi connectivity index (χ1) is 13.2. The Balaban J connectivity index is 3.40. The van der Waals surface area contributed by atoms with Gasteiger partial charge < -0.3 is 9.84 Å². The Morgan fingerprint density at radius 3 is 2.39 bits per heavy atom. The summed E-state index contributed by atoms with van der Waals surface area (Å²) in [5, 5.41) is 8.81. The third kappa shape index (κ3) is 7.34. The zero-order valence-electron chi connectivity index (χ0n) is 17.9. The minimum atomic E-state index is -0.961. The summed E-state index contributed by atoms with van der Waals surface area (Å²) in [6.45, 7) is 12.3. The number of carbonyl (C=O) groups is 1. The van der Waals surface area contributed by atoms with Crippen molar-refractivity contribution in [3.63, 3.8) is 0 Å². The van der Waals surface area contributed by atoms with Crippen LogP contribution in [0.5, 0.6) is 5.75 Å². The van der Waals surface area contributed by atoms with Gasteiger partial charge in [-0.25, -0.2) is 4.79 Å². The molecule has 28 heavy (non-hydrogen) atoms. The summed E-state index contributed by atoms with van der Waals surface area (Å²) in [6, 6.07) is 4.33. The molecule has 0 saturated heterocycles. The van der Waals surface area contributed by atoms with Crippen molar-refractivity contribution < 1.29 is 19.0 Å². The van der Waals surface area contributed by atoms with Crippen molar-refractivity contribution in [1.82, 2.24) is 0 Å². The zero-order chi connectivity index (χ0) is 21.3. The van der Waals surface area contributed by atoms with Crippen molar-refractivity contribution in [2.24, 2.45) is 0 Å². The van der Waals surface area contributed by atoms with Gasteiger partial charge in [-0.05, 0) is 54.0 Å². The highest BCUT2D eigenvalue weighted by Gasteiger charge is 2.17. The lowest BCUT2D eigenvalue weighted by atomic mass is 9.89. The molecule has 1 N–H and O–H groups in total. The average molecular weight is 389 g/mol. The van der Waals surface area contributed by atoms with Crippen LogP contribution >= 0.6 is 0 Å². The highest BCUT2D eigenvalue weighted by Crippen LogP contribution is 2.37. The van der Waals surface area contributed by atoms with Gasteiger partial charge in [0.15, 0.2) is 0 Å². The molecule has 3 nitrogen and oxygen atoms in total. The molecular formula is C24H33FO3. The van der Waals surface area contributed by atoms with Crippen molar-refractivity contribution in [3.8, 4) is 5.75 Å². The Bertz CT molecular complexity index is 755. The molecule has 0 saturated carbocycles. The second-order valence-electron chi connectivity index (χ2n) is 7.62. The molecule has 154 valence electrons. The highest BCUT2D eigenvalue weighted by molar-refractivity contribution is 5.81. The van der Waals surface area contributed by atoms with Crippen LogP contribution in [0.4, 0.5) is 4.39 Å². The maximum Gasteiger partial charge on any atom is 0.328 e. The molecule has 0 fully saturated rings. The standard InChI is InChI=1S/C24H33FO3/c1-16(2)20-14-21(17(3)4)24(28-12-8-11-25)22(15-20)19(6)10-7-9-18(5)13-23(26)27/h7,9-10,13-17H,8,11-12H2,1-6H3,(H,26,27). The van der Waals surface area contributed by atoms with E-state index in [0.717, 1.165) is 22.4 Å². The number of carboxylic acid groups (broad SMARTS) is 1. The number of allylic oxidation sites excluding steroid dienone is 5. The molecule has 0 radical (unpaired) electrons. The van der Waals surface area contributed by atoms with Crippen molar-refractivity contribution >= 4 is 11.5 Å². The Labute approximate surface area is 168 Å². The van der Waals surface area contributed by atoms with Gasteiger partial charge in [0.2, 0.25) is 0 Å². The van der Waals surface area contributed by atoms with Crippen LogP contribution in [0.25, 0.3) is 5.57 Å². The third-order valence-electron chi connectivity index (χ3n) is 4.43. The van der Waals surface area contributed by atoms with Gasteiger partial charge in [0, 0.05) is 18.1 Å². The molecule has 1 aromatic rings. The zero-order valence-corrected chi connectivity index (χ0v) is 17.9. The molecule has 0 spiro atoms. The fourth-order valence-corrected chi connectivity index (χ4v) is 2.80. The van der Waals surface area contributed by atoms with Crippen molar-refractivity contribution in [3.05, 3.63) is 58.7 Å². The monoisotopic (exact) mass is 388 g/mol. The minimum absolute atomic E-state index is 0.280. The molecule has 0 bridgehead atoms. The van der Waals surface area contributed by atoms with Crippen LogP contribution in [0, 0.1) is 0 Å². The van der Waals surface area contributed by atoms with Crippen LogP contribution in [-0.4, -0.2) is 24.4 Å². The largest absolute Gasteiger partial charge is 0.493 e. The molecule has 0 heterocycles. The van der Waals surface area contributed by atoms with Crippen LogP contribution in [0.3, 0.4) is 0 Å². The van der Waals surface area contributed by atoms with Gasteiger partial charge in [0.05, 0.1) is 13.3 Å². The molecular weight excluding hydrogens is 355 g/mol. The smallest absolute Gasteiger partial charge is 0.328 e. The maximum absolute atomic E-state index is 12.6. The summed E-state index contributed by atoms with van der Waals surface area (Å²) in [5.41, 5.74) is 5.03. The Morgan fingerprint density at radius 1 is 1.18 bits per heavy atom. The van der Waals surface area contributed by atoms with Gasteiger partial charge in [-0.3, -0.25) is 4.39 Å². The van der Waals surface area contributed by atoms with E-state index >= 15 is 0 Å². The van der Waals surface area contributed by atoms with Crippen LogP contribution in [0.2, 0.25) is 0 Å². The minimum Gasteiger partial charge on any atom is -0.493 e. The first kappa shape index (κ1) is 23.7. The first-order valence-corrected chi connectivity index (χ1v) is 9.80. The van der Waals surface area contributed by atoms with Gasteiger partial charge in [-0.15, -0.1) is 0 Å². The van der Waals surface area contributed by atoms with Crippen molar-refractivity contribution in [2.75, 3.05) is 13.3 Å². The lowest BCUT2D eigenvalue weighted by molar-refractivity contribution is -0.131. The van der Waals surface area contributed by atoms with Gasteiger partial charge in [-0.1, -0.05) is 52.0 Å². The predicted octanol–water partition coefficient (Wildman–Crippen LogP) is 6.66. The Kier molecular flexibility index (Phi) is 9.70. The number of alkyl halides is 1. The molecule has 0 aliphatic carbocycles. The quantitative estimate of drug-likeness (QED) is 0.277. The summed E-state index contributed by atoms with van der Waals surface area (Å²) in [7, 11) is 0. The predicted molar refractivity (Wildman–Crippen MR) is 115 cm³/mol. The van der Waals surface area contributed by atoms with Gasteiger partial charge in [0.25, 0.3) is 0 Å². The third-order valence-corrected chi connectivity index (χ3v) is 4.43. The molecule has 0 amide bonds. The molecule has 0 aromatic heterocycles. The average Bonchev–Trinajstić information content (AvgIpc) is 2.60. The van der Waals surface area contributed by atoms with Gasteiger partial charge in [0.1, 0.15) is 5.75 Å². The molecule has 0 atom stereocenters. The molecule has 0 aliphatic rings.